The second-order valence-corrected chi connectivity index (χ2v) is 4.78. The zero-order valence-electron chi connectivity index (χ0n) is 9.71. The Hall–Kier alpha value is -0.600. The van der Waals surface area contributed by atoms with Gasteiger partial charge in [0.05, 0.1) is 6.10 Å². The lowest BCUT2D eigenvalue weighted by atomic mass is 9.96. The number of halogens is 2. The molecule has 0 aliphatic heterocycles. The van der Waals surface area contributed by atoms with E-state index in [2.05, 4.69) is 13.8 Å². The van der Waals surface area contributed by atoms with Crippen LogP contribution in [-0.2, 0) is 6.42 Å². The van der Waals surface area contributed by atoms with Gasteiger partial charge in [-0.3, -0.25) is 0 Å². The Morgan fingerprint density at radius 3 is 2.69 bits per heavy atom. The lowest BCUT2D eigenvalue weighted by Crippen LogP contribution is -2.15. The highest BCUT2D eigenvalue weighted by Crippen LogP contribution is 2.18. The third-order valence-corrected chi connectivity index (χ3v) is 3.08. The Morgan fingerprint density at radius 2 is 2.12 bits per heavy atom. The number of aliphatic hydroxyl groups is 1. The van der Waals surface area contributed by atoms with E-state index in [1.54, 1.807) is 12.1 Å². The van der Waals surface area contributed by atoms with E-state index in [0.717, 1.165) is 6.42 Å². The predicted molar refractivity (Wildman–Crippen MR) is 65.2 cm³/mol. The molecule has 0 bridgehead atoms. The SMILES string of the molecule is CCC(C)CC(O)Cc1ccc(Cl)cc1F. The van der Waals surface area contributed by atoms with Crippen molar-refractivity contribution in [2.24, 2.45) is 5.92 Å². The van der Waals surface area contributed by atoms with Gasteiger partial charge in [-0.2, -0.15) is 0 Å². The topological polar surface area (TPSA) is 20.2 Å². The van der Waals surface area contributed by atoms with E-state index >= 15 is 0 Å². The molecule has 1 aromatic carbocycles. The molecule has 0 heterocycles. The minimum Gasteiger partial charge on any atom is -0.393 e. The van der Waals surface area contributed by atoms with Gasteiger partial charge >= 0.3 is 0 Å². The molecule has 0 saturated carbocycles. The fourth-order valence-corrected chi connectivity index (χ4v) is 1.81. The maximum absolute atomic E-state index is 13.4. The highest BCUT2D eigenvalue weighted by atomic mass is 35.5. The molecule has 0 amide bonds. The quantitative estimate of drug-likeness (QED) is 0.835. The van der Waals surface area contributed by atoms with Crippen LogP contribution in [0.25, 0.3) is 0 Å². The van der Waals surface area contributed by atoms with Crippen LogP contribution in [0.2, 0.25) is 5.02 Å². The molecule has 90 valence electrons. The third kappa shape index (κ3) is 4.11. The lowest BCUT2D eigenvalue weighted by Gasteiger charge is -2.15. The van der Waals surface area contributed by atoms with Crippen LogP contribution in [0, 0.1) is 11.7 Å². The number of hydrogen-bond acceptors (Lipinski definition) is 1. The molecule has 0 fully saturated rings. The van der Waals surface area contributed by atoms with Gasteiger partial charge in [-0.05, 0) is 30.0 Å². The van der Waals surface area contributed by atoms with E-state index in [1.807, 2.05) is 0 Å². The maximum atomic E-state index is 13.4. The van der Waals surface area contributed by atoms with Gasteiger partial charge < -0.3 is 5.11 Å². The Kier molecular flexibility index (Phi) is 5.23. The number of benzene rings is 1. The van der Waals surface area contributed by atoms with Crippen LogP contribution in [0.15, 0.2) is 18.2 Å². The fraction of sp³-hybridized carbons (Fsp3) is 0.538. The second-order valence-electron chi connectivity index (χ2n) is 4.34. The van der Waals surface area contributed by atoms with Crippen LogP contribution < -0.4 is 0 Å². The molecule has 0 saturated heterocycles. The minimum atomic E-state index is -0.481. The van der Waals surface area contributed by atoms with Gasteiger partial charge in [0.1, 0.15) is 5.82 Å². The van der Waals surface area contributed by atoms with Gasteiger partial charge in [-0.1, -0.05) is 37.9 Å². The zero-order valence-corrected chi connectivity index (χ0v) is 10.5. The first-order valence-electron chi connectivity index (χ1n) is 5.65. The number of hydrogen-bond donors (Lipinski definition) is 1. The van der Waals surface area contributed by atoms with Crippen LogP contribution in [0.4, 0.5) is 4.39 Å². The van der Waals surface area contributed by atoms with Gasteiger partial charge in [-0.15, -0.1) is 0 Å². The smallest absolute Gasteiger partial charge is 0.127 e. The minimum absolute atomic E-state index is 0.337. The predicted octanol–water partition coefficient (Wildman–Crippen LogP) is 3.82. The molecule has 0 aliphatic carbocycles. The van der Waals surface area contributed by atoms with E-state index in [0.29, 0.717) is 29.3 Å². The number of aliphatic hydroxyl groups excluding tert-OH is 1. The Bertz CT molecular complexity index is 341. The van der Waals surface area contributed by atoms with Crippen LogP contribution in [0.3, 0.4) is 0 Å². The molecular formula is C13H18ClFO. The van der Waals surface area contributed by atoms with Crippen LogP contribution >= 0.6 is 11.6 Å². The summed E-state index contributed by atoms with van der Waals surface area (Å²) in [6.45, 7) is 4.17. The molecule has 16 heavy (non-hydrogen) atoms. The Labute approximate surface area is 101 Å². The van der Waals surface area contributed by atoms with E-state index in [1.165, 1.54) is 6.07 Å². The molecular weight excluding hydrogens is 227 g/mol. The molecule has 1 aromatic rings. The monoisotopic (exact) mass is 244 g/mol. The van der Waals surface area contributed by atoms with Gasteiger partial charge in [0.2, 0.25) is 0 Å². The molecule has 2 atom stereocenters. The molecule has 0 radical (unpaired) electrons. The molecule has 3 heteroatoms. The summed E-state index contributed by atoms with van der Waals surface area (Å²) in [5.74, 6) is 0.126. The van der Waals surface area contributed by atoms with Gasteiger partial charge in [0, 0.05) is 11.4 Å². The summed E-state index contributed by atoms with van der Waals surface area (Å²) in [7, 11) is 0. The number of rotatable bonds is 5. The summed E-state index contributed by atoms with van der Waals surface area (Å²) in [5, 5.41) is 10.2. The summed E-state index contributed by atoms with van der Waals surface area (Å²) < 4.78 is 13.4. The van der Waals surface area contributed by atoms with Crippen molar-refractivity contribution in [2.45, 2.75) is 39.2 Å². The first-order valence-corrected chi connectivity index (χ1v) is 6.02. The normalized spacial score (nSPS) is 14.8. The van der Waals surface area contributed by atoms with E-state index in [9.17, 15) is 9.50 Å². The van der Waals surface area contributed by atoms with Crippen molar-refractivity contribution < 1.29 is 9.50 Å². The average molecular weight is 245 g/mol. The van der Waals surface area contributed by atoms with E-state index in [-0.39, 0.29) is 5.82 Å². The largest absolute Gasteiger partial charge is 0.393 e. The van der Waals surface area contributed by atoms with Crippen molar-refractivity contribution in [3.05, 3.63) is 34.6 Å². The van der Waals surface area contributed by atoms with Crippen LogP contribution in [-0.4, -0.2) is 11.2 Å². The zero-order chi connectivity index (χ0) is 12.1. The van der Waals surface area contributed by atoms with Crippen molar-refractivity contribution in [1.29, 1.82) is 0 Å². The Morgan fingerprint density at radius 1 is 1.44 bits per heavy atom. The lowest BCUT2D eigenvalue weighted by molar-refractivity contribution is 0.143. The van der Waals surface area contributed by atoms with Gasteiger partial charge in [-0.25, -0.2) is 4.39 Å². The van der Waals surface area contributed by atoms with Crippen molar-refractivity contribution >= 4 is 11.6 Å². The van der Waals surface area contributed by atoms with Crippen molar-refractivity contribution in [2.75, 3.05) is 0 Å². The molecule has 1 nitrogen and oxygen atoms in total. The molecule has 0 spiro atoms. The highest BCUT2D eigenvalue weighted by molar-refractivity contribution is 6.30. The summed E-state index contributed by atoms with van der Waals surface area (Å²) in [6.07, 6.45) is 1.61. The second kappa shape index (κ2) is 6.21. The summed E-state index contributed by atoms with van der Waals surface area (Å²) >= 11 is 5.66. The average Bonchev–Trinajstić information content (AvgIpc) is 2.22. The highest BCUT2D eigenvalue weighted by Gasteiger charge is 2.12. The van der Waals surface area contributed by atoms with Crippen LogP contribution in [0.1, 0.15) is 32.3 Å². The maximum Gasteiger partial charge on any atom is 0.127 e. The summed E-state index contributed by atoms with van der Waals surface area (Å²) in [4.78, 5) is 0. The first kappa shape index (κ1) is 13.5. The third-order valence-electron chi connectivity index (χ3n) is 2.84. The van der Waals surface area contributed by atoms with Crippen molar-refractivity contribution in [1.82, 2.24) is 0 Å². The summed E-state index contributed by atoms with van der Waals surface area (Å²) in [5.41, 5.74) is 0.528. The van der Waals surface area contributed by atoms with E-state index in [4.69, 9.17) is 11.6 Å². The van der Waals surface area contributed by atoms with Crippen molar-refractivity contribution in [3.8, 4) is 0 Å². The van der Waals surface area contributed by atoms with Crippen molar-refractivity contribution in [3.63, 3.8) is 0 Å². The van der Waals surface area contributed by atoms with E-state index < -0.39 is 6.10 Å². The molecule has 1 N–H and O–H groups in total. The standard InChI is InChI=1S/C13H18ClFO/c1-3-9(2)6-12(16)7-10-4-5-11(14)8-13(10)15/h4-5,8-9,12,16H,3,6-7H2,1-2H3. The molecule has 0 aliphatic rings. The first-order chi connectivity index (χ1) is 7.52. The molecule has 2 unspecified atom stereocenters. The molecule has 1 rings (SSSR count). The molecule has 0 aromatic heterocycles. The fourth-order valence-electron chi connectivity index (χ4n) is 1.66. The summed E-state index contributed by atoms with van der Waals surface area (Å²) in [6, 6.07) is 4.57. The Balaban J connectivity index is 2.59. The van der Waals surface area contributed by atoms with Crippen LogP contribution in [0.5, 0.6) is 0 Å². The van der Waals surface area contributed by atoms with Gasteiger partial charge in [0.15, 0.2) is 0 Å². The van der Waals surface area contributed by atoms with Gasteiger partial charge in [0.25, 0.3) is 0 Å².